The zero-order chi connectivity index (χ0) is 13.9. The Labute approximate surface area is 122 Å². The van der Waals surface area contributed by atoms with E-state index in [0.717, 1.165) is 18.2 Å². The molecule has 2 rings (SSSR count). The lowest BCUT2D eigenvalue weighted by molar-refractivity contribution is -0.134. The summed E-state index contributed by atoms with van der Waals surface area (Å²) < 4.78 is 5.29. The predicted molar refractivity (Wildman–Crippen MR) is 75.2 cm³/mol. The second kappa shape index (κ2) is 6.22. The van der Waals surface area contributed by atoms with Crippen LogP contribution in [0.4, 0.5) is 4.79 Å². The Balaban J connectivity index is 2.05. The van der Waals surface area contributed by atoms with Crippen molar-refractivity contribution in [2.45, 2.75) is 38.1 Å². The molecule has 0 aliphatic carbocycles. The van der Waals surface area contributed by atoms with Gasteiger partial charge in [-0.05, 0) is 12.3 Å². The van der Waals surface area contributed by atoms with Crippen LogP contribution in [-0.2, 0) is 9.53 Å². The maximum atomic E-state index is 12.5. The van der Waals surface area contributed by atoms with Gasteiger partial charge in [0.25, 0.3) is 5.91 Å². The van der Waals surface area contributed by atoms with Crippen molar-refractivity contribution in [2.24, 2.45) is 5.92 Å². The second-order valence-corrected chi connectivity index (χ2v) is 6.00. The number of amides is 3. The van der Waals surface area contributed by atoms with Gasteiger partial charge in [-0.15, -0.1) is 0 Å². The van der Waals surface area contributed by atoms with E-state index >= 15 is 0 Å². The highest BCUT2D eigenvalue weighted by Crippen LogP contribution is 2.29. The Kier molecular flexibility index (Phi) is 4.84. The van der Waals surface area contributed by atoms with Crippen LogP contribution in [0.25, 0.3) is 0 Å². The summed E-state index contributed by atoms with van der Waals surface area (Å²) in [6.07, 6.45) is 3.24. The molecule has 0 aromatic carbocycles. The minimum absolute atomic E-state index is 0.0668. The Hall–Kier alpha value is -0.620. The minimum atomic E-state index is -0.696. The molecule has 108 valence electrons. The van der Waals surface area contributed by atoms with Crippen molar-refractivity contribution in [2.75, 3.05) is 25.1 Å². The average molecular weight is 333 g/mol. The van der Waals surface area contributed by atoms with E-state index in [4.69, 9.17) is 4.74 Å². The molecule has 2 fully saturated rings. The van der Waals surface area contributed by atoms with Gasteiger partial charge in [-0.1, -0.05) is 29.3 Å². The summed E-state index contributed by atoms with van der Waals surface area (Å²) in [6.45, 7) is 3.70. The van der Waals surface area contributed by atoms with Gasteiger partial charge in [0.1, 0.15) is 5.54 Å². The third kappa shape index (κ3) is 2.94. The fourth-order valence-corrected chi connectivity index (χ4v) is 3.31. The van der Waals surface area contributed by atoms with E-state index < -0.39 is 5.54 Å². The zero-order valence-corrected chi connectivity index (χ0v) is 12.9. The first-order chi connectivity index (χ1) is 9.13. The summed E-state index contributed by atoms with van der Waals surface area (Å²) in [5.41, 5.74) is -0.696. The van der Waals surface area contributed by atoms with E-state index in [9.17, 15) is 9.59 Å². The van der Waals surface area contributed by atoms with Crippen LogP contribution in [0.1, 0.15) is 32.6 Å². The highest BCUT2D eigenvalue weighted by Gasteiger charge is 2.51. The number of carbonyl (C=O) groups is 2. The van der Waals surface area contributed by atoms with Crippen LogP contribution in [0.2, 0.25) is 0 Å². The van der Waals surface area contributed by atoms with E-state index in [1.807, 2.05) is 0 Å². The number of rotatable bonds is 5. The standard InChI is InChI=1S/C13H21BrN2O3/c1-2-3-10(8-14)9-16-11(17)13(15-12(16)18)4-6-19-7-5-13/h10H,2-9H2,1H3,(H,15,18). The van der Waals surface area contributed by atoms with E-state index in [0.29, 0.717) is 38.5 Å². The van der Waals surface area contributed by atoms with Crippen LogP contribution in [-0.4, -0.2) is 47.5 Å². The Morgan fingerprint density at radius 3 is 2.68 bits per heavy atom. The van der Waals surface area contributed by atoms with Crippen molar-refractivity contribution in [3.63, 3.8) is 0 Å². The van der Waals surface area contributed by atoms with Crippen molar-refractivity contribution >= 4 is 27.9 Å². The van der Waals surface area contributed by atoms with Gasteiger partial charge in [-0.2, -0.15) is 0 Å². The maximum absolute atomic E-state index is 12.5. The fourth-order valence-electron chi connectivity index (χ4n) is 2.78. The number of hydrogen-bond acceptors (Lipinski definition) is 3. The molecule has 1 unspecified atom stereocenters. The molecule has 1 atom stereocenters. The van der Waals surface area contributed by atoms with E-state index in [1.165, 1.54) is 4.90 Å². The number of urea groups is 1. The van der Waals surface area contributed by atoms with E-state index in [1.54, 1.807) is 0 Å². The quantitative estimate of drug-likeness (QED) is 0.618. The third-order valence-electron chi connectivity index (χ3n) is 3.95. The van der Waals surface area contributed by atoms with Crippen molar-refractivity contribution in [3.05, 3.63) is 0 Å². The first kappa shape index (κ1) is 14.8. The monoisotopic (exact) mass is 332 g/mol. The molecule has 6 heteroatoms. The van der Waals surface area contributed by atoms with Gasteiger partial charge in [-0.3, -0.25) is 9.69 Å². The Morgan fingerprint density at radius 1 is 1.42 bits per heavy atom. The lowest BCUT2D eigenvalue weighted by Crippen LogP contribution is -2.51. The van der Waals surface area contributed by atoms with Gasteiger partial charge in [0.2, 0.25) is 0 Å². The van der Waals surface area contributed by atoms with Crippen molar-refractivity contribution in [1.82, 2.24) is 10.2 Å². The summed E-state index contributed by atoms with van der Waals surface area (Å²) in [6, 6.07) is -0.242. The molecule has 1 N–H and O–H groups in total. The topological polar surface area (TPSA) is 58.6 Å². The zero-order valence-electron chi connectivity index (χ0n) is 11.3. The van der Waals surface area contributed by atoms with Crippen molar-refractivity contribution in [3.8, 4) is 0 Å². The Morgan fingerprint density at radius 2 is 2.11 bits per heavy atom. The fraction of sp³-hybridized carbons (Fsp3) is 0.846. The molecule has 19 heavy (non-hydrogen) atoms. The molecule has 2 aliphatic heterocycles. The predicted octanol–water partition coefficient (Wildman–Crippen LogP) is 1.90. The molecule has 0 aromatic heterocycles. The molecule has 0 aromatic rings. The SMILES string of the molecule is CCCC(CBr)CN1C(=O)NC2(CCOCC2)C1=O. The number of hydrogen-bond donors (Lipinski definition) is 1. The van der Waals surface area contributed by atoms with Crippen LogP contribution in [0.5, 0.6) is 0 Å². The summed E-state index contributed by atoms with van der Waals surface area (Å²) >= 11 is 3.46. The normalized spacial score (nSPS) is 23.8. The molecule has 5 nitrogen and oxygen atoms in total. The molecule has 0 radical (unpaired) electrons. The number of nitrogens with zero attached hydrogens (tertiary/aromatic N) is 1. The van der Waals surface area contributed by atoms with Gasteiger partial charge in [0, 0.05) is 37.9 Å². The van der Waals surface area contributed by atoms with Gasteiger partial charge in [0.05, 0.1) is 0 Å². The van der Waals surface area contributed by atoms with E-state index in [-0.39, 0.29) is 11.9 Å². The second-order valence-electron chi connectivity index (χ2n) is 5.35. The van der Waals surface area contributed by atoms with Crippen LogP contribution in [0.15, 0.2) is 0 Å². The third-order valence-corrected chi connectivity index (χ3v) is 4.86. The van der Waals surface area contributed by atoms with Crippen LogP contribution in [0.3, 0.4) is 0 Å². The Bertz CT molecular complexity index is 356. The molecule has 2 heterocycles. The minimum Gasteiger partial charge on any atom is -0.381 e. The molecular formula is C13H21BrN2O3. The van der Waals surface area contributed by atoms with Crippen molar-refractivity contribution in [1.29, 1.82) is 0 Å². The smallest absolute Gasteiger partial charge is 0.325 e. The van der Waals surface area contributed by atoms with Gasteiger partial charge < -0.3 is 10.1 Å². The number of halogens is 1. The summed E-state index contributed by atoms with van der Waals surface area (Å²) in [4.78, 5) is 26.0. The van der Waals surface area contributed by atoms with Gasteiger partial charge in [0.15, 0.2) is 0 Å². The van der Waals surface area contributed by atoms with Crippen molar-refractivity contribution < 1.29 is 14.3 Å². The molecular weight excluding hydrogens is 312 g/mol. The highest BCUT2D eigenvalue weighted by atomic mass is 79.9. The first-order valence-electron chi connectivity index (χ1n) is 6.91. The van der Waals surface area contributed by atoms with Gasteiger partial charge >= 0.3 is 6.03 Å². The maximum Gasteiger partial charge on any atom is 0.325 e. The van der Waals surface area contributed by atoms with E-state index in [2.05, 4.69) is 28.2 Å². The van der Waals surface area contributed by atoms with Crippen LogP contribution < -0.4 is 5.32 Å². The number of imide groups is 1. The lowest BCUT2D eigenvalue weighted by atomic mass is 9.90. The number of alkyl halides is 1. The number of ether oxygens (including phenoxy) is 1. The molecule has 0 saturated carbocycles. The van der Waals surface area contributed by atoms with Gasteiger partial charge in [-0.25, -0.2) is 4.79 Å². The summed E-state index contributed by atoms with van der Waals surface area (Å²) in [7, 11) is 0. The average Bonchev–Trinajstić information content (AvgIpc) is 2.63. The molecule has 2 aliphatic rings. The lowest BCUT2D eigenvalue weighted by Gasteiger charge is -2.30. The van der Waals surface area contributed by atoms with Crippen LogP contribution >= 0.6 is 15.9 Å². The molecule has 0 bridgehead atoms. The molecule has 1 spiro atoms. The number of nitrogens with one attached hydrogen (secondary N) is 1. The van der Waals surface area contributed by atoms with Crippen LogP contribution in [0, 0.1) is 5.92 Å². The summed E-state index contributed by atoms with van der Waals surface area (Å²) in [5.74, 6) is 0.262. The number of carbonyl (C=O) groups excluding carboxylic acids is 2. The first-order valence-corrected chi connectivity index (χ1v) is 8.03. The summed E-state index contributed by atoms with van der Waals surface area (Å²) in [5, 5.41) is 3.70. The molecule has 2 saturated heterocycles. The highest BCUT2D eigenvalue weighted by molar-refractivity contribution is 9.09. The molecule has 3 amide bonds. The largest absolute Gasteiger partial charge is 0.381 e.